The fraction of sp³-hybridized carbons (Fsp3) is 1.00. The van der Waals surface area contributed by atoms with Gasteiger partial charge in [-0.15, -0.1) is 0 Å². The van der Waals surface area contributed by atoms with Crippen LogP contribution in [0, 0.1) is 17.8 Å². The Hall–Kier alpha value is -0.0400. The SMILES string of the molecule is CCCCC(CC)CN(CCCCCCC(C)C)CC(CC)CCCC. The summed E-state index contributed by atoms with van der Waals surface area (Å²) in [5, 5.41) is 0. The lowest BCUT2D eigenvalue weighted by molar-refractivity contribution is 0.178. The molecule has 0 heterocycles. The van der Waals surface area contributed by atoms with Crippen molar-refractivity contribution in [1.29, 1.82) is 0 Å². The lowest BCUT2D eigenvalue weighted by Crippen LogP contribution is -2.35. The molecular formula is C25H53N. The molecule has 1 heteroatoms. The first kappa shape index (κ1) is 26.0. The number of unbranched alkanes of at least 4 members (excludes halogenated alkanes) is 5. The molecule has 26 heavy (non-hydrogen) atoms. The molecule has 0 N–H and O–H groups in total. The van der Waals surface area contributed by atoms with Crippen molar-refractivity contribution in [1.82, 2.24) is 4.90 Å². The van der Waals surface area contributed by atoms with Gasteiger partial charge in [0.25, 0.3) is 0 Å². The number of rotatable bonds is 19. The molecule has 0 saturated carbocycles. The van der Waals surface area contributed by atoms with E-state index in [-0.39, 0.29) is 0 Å². The molecule has 0 saturated heterocycles. The van der Waals surface area contributed by atoms with E-state index in [9.17, 15) is 0 Å². The Balaban J connectivity index is 4.41. The van der Waals surface area contributed by atoms with Gasteiger partial charge in [0.15, 0.2) is 0 Å². The maximum absolute atomic E-state index is 2.86. The highest BCUT2D eigenvalue weighted by Crippen LogP contribution is 2.20. The number of nitrogens with zero attached hydrogens (tertiary/aromatic N) is 1. The van der Waals surface area contributed by atoms with E-state index in [1.165, 1.54) is 103 Å². The number of hydrogen-bond donors (Lipinski definition) is 0. The minimum Gasteiger partial charge on any atom is -0.303 e. The van der Waals surface area contributed by atoms with E-state index in [4.69, 9.17) is 0 Å². The van der Waals surface area contributed by atoms with E-state index in [1.807, 2.05) is 0 Å². The third-order valence-electron chi connectivity index (χ3n) is 6.13. The fourth-order valence-electron chi connectivity index (χ4n) is 4.06. The zero-order valence-electron chi connectivity index (χ0n) is 19.5. The summed E-state index contributed by atoms with van der Waals surface area (Å²) in [4.78, 5) is 2.86. The van der Waals surface area contributed by atoms with Crippen molar-refractivity contribution in [3.63, 3.8) is 0 Å². The summed E-state index contributed by atoms with van der Waals surface area (Å²) in [7, 11) is 0. The van der Waals surface area contributed by atoms with Crippen molar-refractivity contribution in [3.05, 3.63) is 0 Å². The summed E-state index contributed by atoms with van der Waals surface area (Å²) in [6.45, 7) is 18.2. The Kier molecular flexibility index (Phi) is 18.3. The van der Waals surface area contributed by atoms with Gasteiger partial charge in [-0.2, -0.15) is 0 Å². The third kappa shape index (κ3) is 15.1. The van der Waals surface area contributed by atoms with Crippen LogP contribution < -0.4 is 0 Å². The molecule has 0 aliphatic rings. The largest absolute Gasteiger partial charge is 0.303 e. The third-order valence-corrected chi connectivity index (χ3v) is 6.13. The summed E-state index contributed by atoms with van der Waals surface area (Å²) < 4.78 is 0. The van der Waals surface area contributed by atoms with E-state index < -0.39 is 0 Å². The highest BCUT2D eigenvalue weighted by atomic mass is 15.1. The highest BCUT2D eigenvalue weighted by molar-refractivity contribution is 4.70. The lowest BCUT2D eigenvalue weighted by atomic mass is 9.95. The van der Waals surface area contributed by atoms with Crippen LogP contribution in [0.3, 0.4) is 0 Å². The van der Waals surface area contributed by atoms with Crippen LogP contribution in [0.2, 0.25) is 0 Å². The first-order valence-electron chi connectivity index (χ1n) is 12.3. The molecule has 2 atom stereocenters. The fourth-order valence-corrected chi connectivity index (χ4v) is 4.06. The van der Waals surface area contributed by atoms with Gasteiger partial charge < -0.3 is 4.90 Å². The van der Waals surface area contributed by atoms with Crippen molar-refractivity contribution in [3.8, 4) is 0 Å². The second-order valence-corrected chi connectivity index (χ2v) is 9.19. The zero-order valence-corrected chi connectivity index (χ0v) is 19.5. The van der Waals surface area contributed by atoms with Gasteiger partial charge in [0.05, 0.1) is 0 Å². The van der Waals surface area contributed by atoms with Crippen molar-refractivity contribution in [2.24, 2.45) is 17.8 Å². The Labute approximate surface area is 167 Å². The molecule has 0 spiro atoms. The molecular weight excluding hydrogens is 314 g/mol. The molecule has 0 radical (unpaired) electrons. The van der Waals surface area contributed by atoms with E-state index in [2.05, 4.69) is 46.4 Å². The Bertz CT molecular complexity index is 255. The van der Waals surface area contributed by atoms with E-state index in [0.717, 1.165) is 17.8 Å². The first-order chi connectivity index (χ1) is 12.6. The second kappa shape index (κ2) is 18.3. The molecule has 0 amide bonds. The minimum atomic E-state index is 0.874. The van der Waals surface area contributed by atoms with Gasteiger partial charge in [-0.3, -0.25) is 0 Å². The number of hydrogen-bond acceptors (Lipinski definition) is 1. The van der Waals surface area contributed by atoms with Crippen LogP contribution in [0.15, 0.2) is 0 Å². The Morgan fingerprint density at radius 3 is 1.50 bits per heavy atom. The van der Waals surface area contributed by atoms with Gasteiger partial charge in [-0.1, -0.05) is 106 Å². The molecule has 0 aromatic carbocycles. The topological polar surface area (TPSA) is 3.24 Å². The maximum Gasteiger partial charge on any atom is 0.000967 e. The average molecular weight is 368 g/mol. The quantitative estimate of drug-likeness (QED) is 0.207. The van der Waals surface area contributed by atoms with Gasteiger partial charge >= 0.3 is 0 Å². The average Bonchev–Trinajstić information content (AvgIpc) is 2.63. The first-order valence-corrected chi connectivity index (χ1v) is 12.3. The van der Waals surface area contributed by atoms with Crippen molar-refractivity contribution in [2.45, 2.75) is 125 Å². The van der Waals surface area contributed by atoms with Crippen molar-refractivity contribution in [2.75, 3.05) is 19.6 Å². The van der Waals surface area contributed by atoms with Crippen LogP contribution in [-0.2, 0) is 0 Å². The molecule has 1 nitrogen and oxygen atoms in total. The highest BCUT2D eigenvalue weighted by Gasteiger charge is 2.16. The summed E-state index contributed by atoms with van der Waals surface area (Å²) in [6.07, 6.45) is 18.2. The van der Waals surface area contributed by atoms with E-state index in [0.29, 0.717) is 0 Å². The van der Waals surface area contributed by atoms with Crippen LogP contribution >= 0.6 is 0 Å². The van der Waals surface area contributed by atoms with Gasteiger partial charge in [-0.05, 0) is 43.6 Å². The molecule has 0 aromatic heterocycles. The van der Waals surface area contributed by atoms with E-state index >= 15 is 0 Å². The standard InChI is InChI=1S/C25H53N/c1-7-11-18-24(9-3)21-26(22-25(10-4)19-12-8-2)20-16-14-13-15-17-23(5)6/h23-25H,7-22H2,1-6H3. The van der Waals surface area contributed by atoms with Crippen molar-refractivity contribution < 1.29 is 0 Å². The predicted molar refractivity (Wildman–Crippen MR) is 121 cm³/mol. The Morgan fingerprint density at radius 1 is 0.577 bits per heavy atom. The molecule has 0 fully saturated rings. The molecule has 0 bridgehead atoms. The van der Waals surface area contributed by atoms with Gasteiger partial charge in [0, 0.05) is 13.1 Å². The molecule has 0 aliphatic heterocycles. The predicted octanol–water partition coefficient (Wildman–Crippen LogP) is 8.33. The summed E-state index contributed by atoms with van der Waals surface area (Å²) in [5.74, 6) is 2.71. The summed E-state index contributed by atoms with van der Waals surface area (Å²) in [6, 6.07) is 0. The Morgan fingerprint density at radius 2 is 1.08 bits per heavy atom. The van der Waals surface area contributed by atoms with Gasteiger partial charge in [-0.25, -0.2) is 0 Å². The molecule has 0 aromatic rings. The second-order valence-electron chi connectivity index (χ2n) is 9.19. The zero-order chi connectivity index (χ0) is 19.6. The summed E-state index contributed by atoms with van der Waals surface area (Å²) >= 11 is 0. The van der Waals surface area contributed by atoms with Crippen LogP contribution in [0.25, 0.3) is 0 Å². The smallest absolute Gasteiger partial charge is 0.000967 e. The van der Waals surface area contributed by atoms with Gasteiger partial charge in [0.2, 0.25) is 0 Å². The normalized spacial score (nSPS) is 14.3. The molecule has 2 unspecified atom stereocenters. The summed E-state index contributed by atoms with van der Waals surface area (Å²) in [5.41, 5.74) is 0. The monoisotopic (exact) mass is 367 g/mol. The van der Waals surface area contributed by atoms with Crippen LogP contribution in [0.5, 0.6) is 0 Å². The van der Waals surface area contributed by atoms with Gasteiger partial charge in [0.1, 0.15) is 0 Å². The lowest BCUT2D eigenvalue weighted by Gasteiger charge is -2.30. The van der Waals surface area contributed by atoms with Crippen molar-refractivity contribution >= 4 is 0 Å². The van der Waals surface area contributed by atoms with Crippen LogP contribution in [-0.4, -0.2) is 24.5 Å². The minimum absolute atomic E-state index is 0.874. The van der Waals surface area contributed by atoms with Crippen LogP contribution in [0.4, 0.5) is 0 Å². The maximum atomic E-state index is 2.86. The molecule has 0 aliphatic carbocycles. The molecule has 0 rings (SSSR count). The molecule has 158 valence electrons. The van der Waals surface area contributed by atoms with E-state index in [1.54, 1.807) is 0 Å². The van der Waals surface area contributed by atoms with Crippen LogP contribution in [0.1, 0.15) is 125 Å².